The summed E-state index contributed by atoms with van der Waals surface area (Å²) in [5.74, 6) is -1.68. The molecule has 0 aliphatic carbocycles. The van der Waals surface area contributed by atoms with Crippen LogP contribution in [0.5, 0.6) is 0 Å². The molecular formula is C19H19NO5S. The highest BCUT2D eigenvalue weighted by Gasteiger charge is 2.37. The van der Waals surface area contributed by atoms with Gasteiger partial charge < -0.3 is 9.30 Å². The Morgan fingerprint density at radius 1 is 1.31 bits per heavy atom. The molecule has 6 nitrogen and oxygen atoms in total. The van der Waals surface area contributed by atoms with Gasteiger partial charge in [0, 0.05) is 17.8 Å². The minimum atomic E-state index is -3.74. The zero-order chi connectivity index (χ0) is 18.9. The molecule has 3 rings (SSSR count). The number of fused-ring (bicyclic) bond motifs is 1. The number of methoxy groups -OCH3 is 1. The van der Waals surface area contributed by atoms with E-state index < -0.39 is 21.7 Å². The summed E-state index contributed by atoms with van der Waals surface area (Å²) >= 11 is 0. The summed E-state index contributed by atoms with van der Waals surface area (Å²) in [6.07, 6.45) is 1.76. The number of nitrogens with zero attached hydrogens (tertiary/aromatic N) is 1. The molecule has 0 radical (unpaired) electrons. The third-order valence-corrected chi connectivity index (χ3v) is 6.16. The summed E-state index contributed by atoms with van der Waals surface area (Å²) in [6.45, 7) is 3.86. The van der Waals surface area contributed by atoms with Crippen LogP contribution >= 0.6 is 0 Å². The summed E-state index contributed by atoms with van der Waals surface area (Å²) < 4.78 is 31.8. The monoisotopic (exact) mass is 373 g/mol. The molecule has 1 atom stereocenters. The number of benzene rings is 1. The predicted molar refractivity (Wildman–Crippen MR) is 95.9 cm³/mol. The number of carbonyl (C=O) groups excluding carboxylic acids is 2. The molecule has 0 bridgehead atoms. The van der Waals surface area contributed by atoms with E-state index in [1.807, 2.05) is 0 Å². The lowest BCUT2D eigenvalue weighted by Crippen LogP contribution is -2.15. The van der Waals surface area contributed by atoms with Gasteiger partial charge in [-0.3, -0.25) is 9.59 Å². The van der Waals surface area contributed by atoms with Crippen LogP contribution in [0.25, 0.3) is 0 Å². The first-order valence-corrected chi connectivity index (χ1v) is 9.80. The zero-order valence-corrected chi connectivity index (χ0v) is 15.2. The van der Waals surface area contributed by atoms with Crippen molar-refractivity contribution in [1.29, 1.82) is 0 Å². The number of hydrogen-bond donors (Lipinski definition) is 0. The predicted octanol–water partition coefficient (Wildman–Crippen LogP) is 2.34. The summed E-state index contributed by atoms with van der Waals surface area (Å²) in [4.78, 5) is 25.0. The van der Waals surface area contributed by atoms with E-state index in [0.717, 1.165) is 0 Å². The number of ether oxygens (including phenoxy) is 1. The lowest BCUT2D eigenvalue weighted by molar-refractivity contribution is -0.142. The SMILES string of the molecule is C=CCS(=O)(=O)c1cc2n(c1C(=O)c1ccccc1)CCC2C(=O)OC. The third-order valence-electron chi connectivity index (χ3n) is 4.50. The van der Waals surface area contributed by atoms with E-state index in [-0.39, 0.29) is 22.1 Å². The molecular weight excluding hydrogens is 354 g/mol. The van der Waals surface area contributed by atoms with Crippen molar-refractivity contribution in [1.82, 2.24) is 4.57 Å². The summed E-state index contributed by atoms with van der Waals surface area (Å²) in [7, 11) is -2.45. The van der Waals surface area contributed by atoms with Crippen LogP contribution in [0.3, 0.4) is 0 Å². The second kappa shape index (κ2) is 6.92. The number of esters is 1. The maximum Gasteiger partial charge on any atom is 0.314 e. The molecule has 2 aromatic rings. The van der Waals surface area contributed by atoms with Crippen molar-refractivity contribution in [3.05, 3.63) is 66.0 Å². The number of aromatic nitrogens is 1. The van der Waals surface area contributed by atoms with Gasteiger partial charge in [0.1, 0.15) is 5.69 Å². The molecule has 0 saturated carbocycles. The molecule has 7 heteroatoms. The molecule has 1 aromatic carbocycles. The topological polar surface area (TPSA) is 82.4 Å². The van der Waals surface area contributed by atoms with Crippen molar-refractivity contribution in [2.24, 2.45) is 0 Å². The van der Waals surface area contributed by atoms with Crippen LogP contribution in [0.15, 0.2) is 53.9 Å². The molecule has 1 aliphatic rings. The number of hydrogen-bond acceptors (Lipinski definition) is 5. The fourth-order valence-corrected chi connectivity index (χ4v) is 4.59. The number of carbonyl (C=O) groups is 2. The molecule has 0 spiro atoms. The Bertz CT molecular complexity index is 973. The zero-order valence-electron chi connectivity index (χ0n) is 14.3. The Morgan fingerprint density at radius 2 is 2.00 bits per heavy atom. The second-order valence-electron chi connectivity index (χ2n) is 6.06. The normalized spacial score (nSPS) is 16.1. The van der Waals surface area contributed by atoms with Gasteiger partial charge in [-0.1, -0.05) is 36.4 Å². The fraction of sp³-hybridized carbons (Fsp3) is 0.263. The standard InChI is InChI=1S/C19H19NO5S/c1-3-11-26(23,24)16-12-15-14(19(22)25-2)9-10-20(15)17(16)18(21)13-7-5-4-6-8-13/h3-8,12,14H,1,9-11H2,2H3. The van der Waals surface area contributed by atoms with Crippen LogP contribution < -0.4 is 0 Å². The van der Waals surface area contributed by atoms with Crippen molar-refractivity contribution in [2.75, 3.05) is 12.9 Å². The maximum absolute atomic E-state index is 13.1. The largest absolute Gasteiger partial charge is 0.469 e. The van der Waals surface area contributed by atoms with E-state index in [0.29, 0.717) is 24.2 Å². The van der Waals surface area contributed by atoms with Gasteiger partial charge in [-0.15, -0.1) is 6.58 Å². The van der Waals surface area contributed by atoms with E-state index in [1.165, 1.54) is 19.3 Å². The minimum Gasteiger partial charge on any atom is -0.469 e. The maximum atomic E-state index is 13.1. The van der Waals surface area contributed by atoms with Gasteiger partial charge in [-0.25, -0.2) is 8.42 Å². The van der Waals surface area contributed by atoms with E-state index in [1.54, 1.807) is 34.9 Å². The highest BCUT2D eigenvalue weighted by molar-refractivity contribution is 7.91. The molecule has 1 aromatic heterocycles. The summed E-state index contributed by atoms with van der Waals surface area (Å²) in [6, 6.07) is 9.93. The van der Waals surface area contributed by atoms with E-state index >= 15 is 0 Å². The van der Waals surface area contributed by atoms with Crippen LogP contribution in [-0.2, 0) is 25.9 Å². The fourth-order valence-electron chi connectivity index (χ4n) is 3.30. The van der Waals surface area contributed by atoms with Gasteiger partial charge in [-0.2, -0.15) is 0 Å². The van der Waals surface area contributed by atoms with E-state index in [2.05, 4.69) is 6.58 Å². The molecule has 0 amide bonds. The van der Waals surface area contributed by atoms with Crippen molar-refractivity contribution >= 4 is 21.6 Å². The molecule has 0 saturated heterocycles. The van der Waals surface area contributed by atoms with Gasteiger partial charge in [0.15, 0.2) is 9.84 Å². The number of ketones is 1. The number of rotatable bonds is 6. The number of sulfone groups is 1. The lowest BCUT2D eigenvalue weighted by Gasteiger charge is -2.09. The van der Waals surface area contributed by atoms with Crippen LogP contribution in [0.2, 0.25) is 0 Å². The molecule has 26 heavy (non-hydrogen) atoms. The van der Waals surface area contributed by atoms with Crippen molar-refractivity contribution in [2.45, 2.75) is 23.8 Å². The molecule has 0 fully saturated rings. The van der Waals surface area contributed by atoms with E-state index in [9.17, 15) is 18.0 Å². The third kappa shape index (κ3) is 2.99. The molecule has 0 N–H and O–H groups in total. The van der Waals surface area contributed by atoms with Crippen LogP contribution in [0, 0.1) is 0 Å². The second-order valence-corrected chi connectivity index (χ2v) is 8.07. The van der Waals surface area contributed by atoms with Gasteiger partial charge >= 0.3 is 5.97 Å². The smallest absolute Gasteiger partial charge is 0.314 e. The minimum absolute atomic E-state index is 0.0603. The van der Waals surface area contributed by atoms with Crippen molar-refractivity contribution < 1.29 is 22.7 Å². The lowest BCUT2D eigenvalue weighted by atomic mass is 10.1. The van der Waals surface area contributed by atoms with Gasteiger partial charge in [0.25, 0.3) is 0 Å². The first kappa shape index (κ1) is 18.1. The van der Waals surface area contributed by atoms with Gasteiger partial charge in [-0.05, 0) is 12.5 Å². The first-order chi connectivity index (χ1) is 12.4. The van der Waals surface area contributed by atoms with Crippen molar-refractivity contribution in [3.8, 4) is 0 Å². The van der Waals surface area contributed by atoms with Crippen molar-refractivity contribution in [3.63, 3.8) is 0 Å². The Labute approximate surface area is 152 Å². The average Bonchev–Trinajstić information content (AvgIpc) is 3.20. The summed E-state index contributed by atoms with van der Waals surface area (Å²) in [5, 5.41) is 0. The van der Waals surface area contributed by atoms with Crippen LogP contribution in [-0.4, -0.2) is 37.6 Å². The molecule has 136 valence electrons. The Kier molecular flexibility index (Phi) is 4.82. The van der Waals surface area contributed by atoms with E-state index in [4.69, 9.17) is 4.74 Å². The Morgan fingerprint density at radius 3 is 2.62 bits per heavy atom. The van der Waals surface area contributed by atoms with Gasteiger partial charge in [0.05, 0.1) is 23.7 Å². The first-order valence-electron chi connectivity index (χ1n) is 8.15. The quantitative estimate of drug-likeness (QED) is 0.441. The Hall–Kier alpha value is -2.67. The highest BCUT2D eigenvalue weighted by Crippen LogP contribution is 2.36. The molecule has 1 unspecified atom stereocenters. The summed E-state index contributed by atoms with van der Waals surface area (Å²) in [5.41, 5.74) is 0.989. The van der Waals surface area contributed by atoms with Gasteiger partial charge in [0.2, 0.25) is 5.78 Å². The Balaban J connectivity index is 2.21. The van der Waals surface area contributed by atoms with Crippen LogP contribution in [0.4, 0.5) is 0 Å². The highest BCUT2D eigenvalue weighted by atomic mass is 32.2. The molecule has 1 aliphatic heterocycles. The average molecular weight is 373 g/mol. The van der Waals surface area contributed by atoms with Crippen LogP contribution in [0.1, 0.15) is 34.1 Å². The molecule has 2 heterocycles.